The molecule has 3 aromatic heterocycles. The number of hydrogen-bond acceptors (Lipinski definition) is 7. The van der Waals surface area contributed by atoms with Gasteiger partial charge >= 0.3 is 0 Å². The maximum atomic E-state index is 6.02. The van der Waals surface area contributed by atoms with Crippen LogP contribution in [0.25, 0.3) is 22.3 Å². The Balaban J connectivity index is 1.33. The zero-order valence-electron chi connectivity index (χ0n) is 16.7. The van der Waals surface area contributed by atoms with Gasteiger partial charge in [-0.2, -0.15) is 21.3 Å². The molecule has 1 fully saturated rings. The van der Waals surface area contributed by atoms with E-state index in [1.807, 2.05) is 6.33 Å². The van der Waals surface area contributed by atoms with Crippen molar-refractivity contribution < 1.29 is 0 Å². The highest BCUT2D eigenvalue weighted by molar-refractivity contribution is 7.08. The van der Waals surface area contributed by atoms with Crippen molar-refractivity contribution >= 4 is 34.3 Å². The summed E-state index contributed by atoms with van der Waals surface area (Å²) in [6.07, 6.45) is 4.21. The maximum absolute atomic E-state index is 6.02. The Kier molecular flexibility index (Phi) is 5.33. The molecule has 0 atom stereocenters. The van der Waals surface area contributed by atoms with E-state index in [4.69, 9.17) is 5.73 Å². The van der Waals surface area contributed by atoms with E-state index in [0.29, 0.717) is 18.3 Å². The van der Waals surface area contributed by atoms with E-state index in [9.17, 15) is 0 Å². The molecule has 4 aromatic rings. The van der Waals surface area contributed by atoms with E-state index in [2.05, 4.69) is 71.2 Å². The molecule has 0 aliphatic carbocycles. The van der Waals surface area contributed by atoms with Crippen LogP contribution < -0.4 is 16.4 Å². The molecule has 0 spiro atoms. The summed E-state index contributed by atoms with van der Waals surface area (Å²) < 4.78 is 2.12. The maximum Gasteiger partial charge on any atom is 0.224 e. The molecule has 1 aliphatic rings. The van der Waals surface area contributed by atoms with Crippen LogP contribution in [-0.4, -0.2) is 32.6 Å². The van der Waals surface area contributed by atoms with Gasteiger partial charge in [0.15, 0.2) is 17.0 Å². The number of nitrogens with two attached hydrogens (primary N) is 1. The Hall–Kier alpha value is -2.97. The smallest absolute Gasteiger partial charge is 0.224 e. The van der Waals surface area contributed by atoms with Gasteiger partial charge in [0.25, 0.3) is 0 Å². The summed E-state index contributed by atoms with van der Waals surface area (Å²) in [5.74, 6) is 1.59. The molecular formula is C22H25N7S. The van der Waals surface area contributed by atoms with E-state index >= 15 is 0 Å². The number of benzene rings is 1. The highest BCUT2D eigenvalue weighted by Gasteiger charge is 2.17. The number of fused-ring (bicyclic) bond motifs is 1. The van der Waals surface area contributed by atoms with E-state index < -0.39 is 0 Å². The Bertz CT molecular complexity index is 1110. The Morgan fingerprint density at radius 1 is 1.10 bits per heavy atom. The minimum absolute atomic E-state index is 0.268. The van der Waals surface area contributed by atoms with Crippen molar-refractivity contribution in [2.24, 2.45) is 5.92 Å². The second kappa shape index (κ2) is 8.41. The lowest BCUT2D eigenvalue weighted by Gasteiger charge is -2.22. The van der Waals surface area contributed by atoms with Crippen molar-refractivity contribution in [2.45, 2.75) is 25.9 Å². The minimum atomic E-state index is 0.268. The van der Waals surface area contributed by atoms with Crippen LogP contribution >= 0.6 is 11.3 Å². The van der Waals surface area contributed by atoms with Crippen LogP contribution in [0.1, 0.15) is 18.4 Å². The third kappa shape index (κ3) is 4.01. The molecule has 0 bridgehead atoms. The summed E-state index contributed by atoms with van der Waals surface area (Å²) >= 11 is 1.71. The Labute approximate surface area is 179 Å². The highest BCUT2D eigenvalue weighted by Crippen LogP contribution is 2.25. The molecular weight excluding hydrogens is 394 g/mol. The fourth-order valence-corrected chi connectivity index (χ4v) is 4.65. The molecule has 1 saturated heterocycles. The first-order valence-corrected chi connectivity index (χ1v) is 11.2. The fraction of sp³-hybridized carbons (Fsp3) is 0.318. The number of hydrogen-bond donors (Lipinski definition) is 3. The average Bonchev–Trinajstić information content (AvgIpc) is 3.44. The number of piperidine rings is 1. The van der Waals surface area contributed by atoms with Crippen LogP contribution in [0.4, 0.5) is 11.8 Å². The molecule has 0 amide bonds. The molecule has 154 valence electrons. The topological polar surface area (TPSA) is 93.7 Å². The van der Waals surface area contributed by atoms with Gasteiger partial charge in [-0.05, 0) is 65.4 Å². The number of nitrogen functional groups attached to an aromatic ring is 1. The predicted octanol–water partition coefficient (Wildman–Crippen LogP) is 3.75. The normalized spacial score (nSPS) is 14.9. The summed E-state index contributed by atoms with van der Waals surface area (Å²) in [5, 5.41) is 11.1. The summed E-state index contributed by atoms with van der Waals surface area (Å²) in [7, 11) is 0. The number of thiophene rings is 1. The Morgan fingerprint density at radius 3 is 2.70 bits per heavy atom. The van der Waals surface area contributed by atoms with E-state index in [0.717, 1.165) is 30.8 Å². The molecule has 0 saturated carbocycles. The van der Waals surface area contributed by atoms with Crippen LogP contribution in [-0.2, 0) is 13.1 Å². The number of nitrogens with one attached hydrogen (secondary N) is 2. The van der Waals surface area contributed by atoms with E-state index in [-0.39, 0.29) is 5.95 Å². The van der Waals surface area contributed by atoms with Crippen molar-refractivity contribution in [3.05, 3.63) is 53.0 Å². The first-order valence-electron chi connectivity index (χ1n) is 10.3. The van der Waals surface area contributed by atoms with Gasteiger partial charge < -0.3 is 20.9 Å². The molecule has 7 nitrogen and oxygen atoms in total. The van der Waals surface area contributed by atoms with Crippen molar-refractivity contribution in [3.63, 3.8) is 0 Å². The molecule has 1 aliphatic heterocycles. The molecule has 5 rings (SSSR count). The molecule has 4 N–H and O–H groups in total. The first-order chi connectivity index (χ1) is 14.8. The molecule has 8 heteroatoms. The summed E-state index contributed by atoms with van der Waals surface area (Å²) in [6.45, 7) is 3.72. The van der Waals surface area contributed by atoms with Gasteiger partial charge in [-0.25, -0.2) is 4.98 Å². The van der Waals surface area contributed by atoms with Crippen molar-refractivity contribution in [1.82, 2.24) is 24.8 Å². The minimum Gasteiger partial charge on any atom is -0.368 e. The van der Waals surface area contributed by atoms with Crippen LogP contribution in [0, 0.1) is 5.92 Å². The molecule has 0 unspecified atom stereocenters. The van der Waals surface area contributed by atoms with E-state index in [1.54, 1.807) is 11.3 Å². The zero-order valence-corrected chi connectivity index (χ0v) is 17.5. The molecule has 0 radical (unpaired) electrons. The van der Waals surface area contributed by atoms with Crippen molar-refractivity contribution in [2.75, 3.05) is 24.1 Å². The lowest BCUT2D eigenvalue weighted by atomic mass is 9.98. The van der Waals surface area contributed by atoms with Gasteiger partial charge in [0.1, 0.15) is 0 Å². The average molecular weight is 420 g/mol. The van der Waals surface area contributed by atoms with Gasteiger partial charge in [-0.1, -0.05) is 24.3 Å². The largest absolute Gasteiger partial charge is 0.368 e. The number of anilines is 2. The molecule has 1 aromatic carbocycles. The first kappa shape index (κ1) is 19.0. The summed E-state index contributed by atoms with van der Waals surface area (Å²) in [6, 6.07) is 10.7. The highest BCUT2D eigenvalue weighted by atomic mass is 32.1. The lowest BCUT2D eigenvalue weighted by Crippen LogP contribution is -2.29. The molecule has 30 heavy (non-hydrogen) atoms. The van der Waals surface area contributed by atoms with Gasteiger partial charge in [0, 0.05) is 13.1 Å². The van der Waals surface area contributed by atoms with Crippen LogP contribution in [0.3, 0.4) is 0 Å². The number of aromatic nitrogens is 4. The lowest BCUT2D eigenvalue weighted by molar-refractivity contribution is 0.336. The van der Waals surface area contributed by atoms with Crippen molar-refractivity contribution in [1.29, 1.82) is 0 Å². The SMILES string of the molecule is Nc1nc(NCc2ccc(-c3ccsc3)cc2)c2ncn(CC3CCNCC3)c2n1. The monoisotopic (exact) mass is 419 g/mol. The van der Waals surface area contributed by atoms with Crippen LogP contribution in [0.5, 0.6) is 0 Å². The Morgan fingerprint density at radius 2 is 1.93 bits per heavy atom. The van der Waals surface area contributed by atoms with E-state index in [1.165, 1.54) is 29.5 Å². The quantitative estimate of drug-likeness (QED) is 0.441. The number of imidazole rings is 1. The second-order valence-electron chi connectivity index (χ2n) is 7.76. The van der Waals surface area contributed by atoms with Gasteiger partial charge in [0.05, 0.1) is 6.33 Å². The zero-order chi connectivity index (χ0) is 20.3. The van der Waals surface area contributed by atoms with Crippen LogP contribution in [0.15, 0.2) is 47.4 Å². The predicted molar refractivity (Wildman–Crippen MR) is 122 cm³/mol. The van der Waals surface area contributed by atoms with Gasteiger partial charge in [-0.3, -0.25) is 0 Å². The summed E-state index contributed by atoms with van der Waals surface area (Å²) in [4.78, 5) is 13.5. The third-order valence-electron chi connectivity index (χ3n) is 5.66. The number of nitrogens with zero attached hydrogens (tertiary/aromatic N) is 4. The standard InChI is InChI=1S/C22H25N7S/c23-22-27-20(25-11-15-1-3-17(4-2-15)18-7-10-30-13-18)19-21(28-22)29(14-26-19)12-16-5-8-24-9-6-16/h1-4,7,10,13-14,16,24H,5-6,8-9,11-12H2,(H3,23,25,27,28). The second-order valence-corrected chi connectivity index (χ2v) is 8.54. The third-order valence-corrected chi connectivity index (χ3v) is 6.35. The van der Waals surface area contributed by atoms with Gasteiger partial charge in [0.2, 0.25) is 5.95 Å². The van der Waals surface area contributed by atoms with Crippen LogP contribution in [0.2, 0.25) is 0 Å². The van der Waals surface area contributed by atoms with Crippen molar-refractivity contribution in [3.8, 4) is 11.1 Å². The summed E-state index contributed by atoms with van der Waals surface area (Å²) in [5.41, 5.74) is 11.2. The van der Waals surface area contributed by atoms with Gasteiger partial charge in [-0.15, -0.1) is 0 Å². The fourth-order valence-electron chi connectivity index (χ4n) is 3.99. The number of rotatable bonds is 6. The molecule has 4 heterocycles.